The Morgan fingerprint density at radius 3 is 2.56 bits per heavy atom. The Bertz CT molecular complexity index is 430. The Kier molecular flexibility index (Phi) is 3.82. The van der Waals surface area contributed by atoms with Gasteiger partial charge in [0.15, 0.2) is 11.6 Å². The lowest BCUT2D eigenvalue weighted by Crippen LogP contribution is -2.47. The van der Waals surface area contributed by atoms with Gasteiger partial charge >= 0.3 is 0 Å². The van der Waals surface area contributed by atoms with Crippen LogP contribution in [-0.2, 0) is 10.2 Å². The molecule has 0 saturated carbocycles. The van der Waals surface area contributed by atoms with Crippen molar-refractivity contribution in [1.82, 2.24) is 0 Å². The van der Waals surface area contributed by atoms with Gasteiger partial charge < -0.3 is 14.6 Å². The fourth-order valence-corrected chi connectivity index (χ4v) is 2.29. The number of hydrogen-bond acceptors (Lipinski definition) is 3. The lowest BCUT2D eigenvalue weighted by atomic mass is 9.74. The molecule has 1 fully saturated rings. The fraction of sp³-hybridized carbons (Fsp3) is 0.538. The van der Waals surface area contributed by atoms with Crippen LogP contribution in [0.25, 0.3) is 0 Å². The van der Waals surface area contributed by atoms with Crippen LogP contribution in [0, 0.1) is 11.6 Å². The van der Waals surface area contributed by atoms with Crippen molar-refractivity contribution in [2.45, 2.75) is 18.3 Å². The molecule has 2 rings (SSSR count). The maximum atomic E-state index is 14.0. The van der Waals surface area contributed by atoms with E-state index >= 15 is 0 Å². The molecule has 0 bridgehead atoms. The summed E-state index contributed by atoms with van der Waals surface area (Å²) >= 11 is 0. The highest BCUT2D eigenvalue weighted by Crippen LogP contribution is 2.39. The van der Waals surface area contributed by atoms with Gasteiger partial charge in [-0.05, 0) is 18.9 Å². The first-order valence-corrected chi connectivity index (χ1v) is 5.85. The van der Waals surface area contributed by atoms with Gasteiger partial charge in [0.2, 0.25) is 0 Å². The summed E-state index contributed by atoms with van der Waals surface area (Å²) in [6.45, 7) is 0.743. The summed E-state index contributed by atoms with van der Waals surface area (Å²) in [5, 5.41) is 8.87. The molecule has 0 atom stereocenters. The molecule has 0 aromatic heterocycles. The minimum absolute atomic E-state index is 0.0298. The SMILES string of the molecule is COc1cc(F)c(C2(CCCO)COC2)cc1F. The van der Waals surface area contributed by atoms with Crippen LogP contribution in [-0.4, -0.2) is 32.0 Å². The predicted molar refractivity (Wildman–Crippen MR) is 61.7 cm³/mol. The van der Waals surface area contributed by atoms with Crippen molar-refractivity contribution in [3.05, 3.63) is 29.3 Å². The molecule has 1 aromatic rings. The van der Waals surface area contributed by atoms with Crippen LogP contribution in [0.1, 0.15) is 18.4 Å². The summed E-state index contributed by atoms with van der Waals surface area (Å²) in [7, 11) is 1.30. The van der Waals surface area contributed by atoms with Gasteiger partial charge in [-0.3, -0.25) is 0 Å². The summed E-state index contributed by atoms with van der Waals surface area (Å²) in [5.41, 5.74) is -0.208. The molecule has 3 nitrogen and oxygen atoms in total. The highest BCUT2D eigenvalue weighted by Gasteiger charge is 2.42. The van der Waals surface area contributed by atoms with Gasteiger partial charge in [-0.1, -0.05) is 0 Å². The Hall–Kier alpha value is -1.20. The number of aliphatic hydroxyl groups is 1. The number of ether oxygens (including phenoxy) is 2. The molecule has 0 aliphatic carbocycles. The number of rotatable bonds is 5. The van der Waals surface area contributed by atoms with Crippen molar-refractivity contribution in [2.24, 2.45) is 0 Å². The van der Waals surface area contributed by atoms with Crippen molar-refractivity contribution >= 4 is 0 Å². The molecule has 0 spiro atoms. The van der Waals surface area contributed by atoms with E-state index < -0.39 is 17.0 Å². The lowest BCUT2D eigenvalue weighted by Gasteiger charge is -2.42. The van der Waals surface area contributed by atoms with Crippen LogP contribution in [0.5, 0.6) is 5.75 Å². The minimum Gasteiger partial charge on any atom is -0.494 e. The Morgan fingerprint density at radius 2 is 2.06 bits per heavy atom. The quantitative estimate of drug-likeness (QED) is 0.878. The monoisotopic (exact) mass is 258 g/mol. The van der Waals surface area contributed by atoms with Gasteiger partial charge in [-0.2, -0.15) is 0 Å². The van der Waals surface area contributed by atoms with Crippen LogP contribution in [0.15, 0.2) is 12.1 Å². The molecular weight excluding hydrogens is 242 g/mol. The molecular formula is C13H16F2O3. The van der Waals surface area contributed by atoms with Crippen molar-refractivity contribution in [3.63, 3.8) is 0 Å². The smallest absolute Gasteiger partial charge is 0.165 e. The first kappa shape index (κ1) is 13.2. The summed E-state index contributed by atoms with van der Waals surface area (Å²) in [6, 6.07) is 2.23. The molecule has 0 unspecified atom stereocenters. The normalized spacial score (nSPS) is 17.3. The van der Waals surface area contributed by atoms with Gasteiger partial charge in [0, 0.05) is 23.7 Å². The number of methoxy groups -OCH3 is 1. The van der Waals surface area contributed by atoms with Gasteiger partial charge in [0.25, 0.3) is 0 Å². The van der Waals surface area contributed by atoms with E-state index in [9.17, 15) is 8.78 Å². The zero-order valence-electron chi connectivity index (χ0n) is 10.2. The highest BCUT2D eigenvalue weighted by molar-refractivity contribution is 5.37. The average molecular weight is 258 g/mol. The Morgan fingerprint density at radius 1 is 1.33 bits per heavy atom. The zero-order chi connectivity index (χ0) is 13.2. The number of benzene rings is 1. The first-order valence-electron chi connectivity index (χ1n) is 5.85. The average Bonchev–Trinajstić information content (AvgIpc) is 2.31. The van der Waals surface area contributed by atoms with Crippen LogP contribution in [0.4, 0.5) is 8.78 Å². The zero-order valence-corrected chi connectivity index (χ0v) is 10.2. The Labute approximate surface area is 104 Å². The molecule has 0 amide bonds. The van der Waals surface area contributed by atoms with E-state index in [4.69, 9.17) is 14.6 Å². The molecule has 100 valence electrons. The summed E-state index contributed by atoms with van der Waals surface area (Å²) in [6.07, 6.45) is 1.11. The van der Waals surface area contributed by atoms with Gasteiger partial charge in [-0.15, -0.1) is 0 Å². The van der Waals surface area contributed by atoms with Crippen LogP contribution < -0.4 is 4.74 Å². The number of hydrogen-bond donors (Lipinski definition) is 1. The summed E-state index contributed by atoms with van der Waals surface area (Å²) in [5.74, 6) is -1.17. The molecule has 1 aliphatic rings. The second kappa shape index (κ2) is 5.20. The number of aliphatic hydroxyl groups excluding tert-OH is 1. The van der Waals surface area contributed by atoms with Gasteiger partial charge in [0.05, 0.1) is 20.3 Å². The van der Waals surface area contributed by atoms with E-state index in [0.717, 1.165) is 6.07 Å². The molecule has 1 N–H and O–H groups in total. The Balaban J connectivity index is 2.34. The summed E-state index contributed by atoms with van der Waals surface area (Å²) in [4.78, 5) is 0. The topological polar surface area (TPSA) is 38.7 Å². The fourth-order valence-electron chi connectivity index (χ4n) is 2.29. The third kappa shape index (κ3) is 2.20. The molecule has 0 radical (unpaired) electrons. The molecule has 1 aromatic carbocycles. The van der Waals surface area contributed by atoms with Crippen LogP contribution in [0.3, 0.4) is 0 Å². The van der Waals surface area contributed by atoms with Crippen molar-refractivity contribution < 1.29 is 23.4 Å². The van der Waals surface area contributed by atoms with Crippen LogP contribution >= 0.6 is 0 Å². The van der Waals surface area contributed by atoms with Gasteiger partial charge in [-0.25, -0.2) is 8.78 Å². The lowest BCUT2D eigenvalue weighted by molar-refractivity contribution is -0.0682. The van der Waals surface area contributed by atoms with E-state index in [-0.39, 0.29) is 12.4 Å². The third-order valence-electron chi connectivity index (χ3n) is 3.38. The van der Waals surface area contributed by atoms with Crippen molar-refractivity contribution in [2.75, 3.05) is 26.9 Å². The van der Waals surface area contributed by atoms with Gasteiger partial charge in [0.1, 0.15) is 5.82 Å². The second-order valence-corrected chi connectivity index (χ2v) is 4.57. The molecule has 1 aliphatic heterocycles. The van der Waals surface area contributed by atoms with Crippen molar-refractivity contribution in [3.8, 4) is 5.75 Å². The maximum Gasteiger partial charge on any atom is 0.165 e. The third-order valence-corrected chi connectivity index (χ3v) is 3.38. The van der Waals surface area contributed by atoms with E-state index in [1.165, 1.54) is 13.2 Å². The highest BCUT2D eigenvalue weighted by atomic mass is 19.1. The van der Waals surface area contributed by atoms with E-state index in [1.807, 2.05) is 0 Å². The van der Waals surface area contributed by atoms with Crippen LogP contribution in [0.2, 0.25) is 0 Å². The van der Waals surface area contributed by atoms with E-state index in [1.54, 1.807) is 0 Å². The van der Waals surface area contributed by atoms with E-state index in [2.05, 4.69) is 0 Å². The molecule has 1 saturated heterocycles. The van der Waals surface area contributed by atoms with Crippen molar-refractivity contribution in [1.29, 1.82) is 0 Å². The second-order valence-electron chi connectivity index (χ2n) is 4.57. The molecule has 18 heavy (non-hydrogen) atoms. The van der Waals surface area contributed by atoms with E-state index in [0.29, 0.717) is 31.6 Å². The molecule has 1 heterocycles. The summed E-state index contributed by atoms with van der Waals surface area (Å²) < 4.78 is 37.5. The molecule has 5 heteroatoms. The standard InChI is InChI=1S/C13H16F2O3/c1-17-12-6-10(14)9(5-11(12)15)13(3-2-4-16)7-18-8-13/h5-6,16H,2-4,7-8H2,1H3. The minimum atomic E-state index is -0.579. The predicted octanol–water partition coefficient (Wildman–Crippen LogP) is 2.01. The number of halogens is 2. The first-order chi connectivity index (χ1) is 8.63. The maximum absolute atomic E-state index is 14.0. The largest absolute Gasteiger partial charge is 0.494 e.